The van der Waals surface area contributed by atoms with Gasteiger partial charge < -0.3 is 10.2 Å². The second-order valence-electron chi connectivity index (χ2n) is 5.00. The maximum absolute atomic E-state index is 12.0. The van der Waals surface area contributed by atoms with Crippen molar-refractivity contribution in [2.45, 2.75) is 26.3 Å². The first-order valence-corrected chi connectivity index (χ1v) is 7.56. The number of amides is 2. The Morgan fingerprint density at radius 3 is 2.91 bits per heavy atom. The standard InChI is InChI=1S/C15H16N4O2S/c1-9(6-7-16)19(3)15(21)14(20)18-11-4-5-12-13(8-11)22-10(2)17-12/h4-5,8-9H,6H2,1-3H3,(H,18,20). The Balaban J connectivity index is 2.09. The number of hydrogen-bond donors (Lipinski definition) is 1. The number of carbonyl (C=O) groups is 2. The highest BCUT2D eigenvalue weighted by molar-refractivity contribution is 7.18. The molecule has 0 aliphatic heterocycles. The van der Waals surface area contributed by atoms with Crippen LogP contribution in [0.1, 0.15) is 18.4 Å². The lowest BCUT2D eigenvalue weighted by Crippen LogP contribution is -2.42. The largest absolute Gasteiger partial charge is 0.334 e. The molecular weight excluding hydrogens is 300 g/mol. The summed E-state index contributed by atoms with van der Waals surface area (Å²) in [6.45, 7) is 3.64. The summed E-state index contributed by atoms with van der Waals surface area (Å²) < 4.78 is 0.953. The molecule has 0 aliphatic carbocycles. The highest BCUT2D eigenvalue weighted by Gasteiger charge is 2.22. The molecule has 0 spiro atoms. The Labute approximate surface area is 132 Å². The predicted octanol–water partition coefficient (Wildman–Crippen LogP) is 2.30. The van der Waals surface area contributed by atoms with Crippen LogP contribution in [0.5, 0.6) is 0 Å². The monoisotopic (exact) mass is 316 g/mol. The average molecular weight is 316 g/mol. The van der Waals surface area contributed by atoms with Crippen LogP contribution in [-0.2, 0) is 9.59 Å². The molecule has 1 atom stereocenters. The summed E-state index contributed by atoms with van der Waals surface area (Å²) >= 11 is 1.53. The Morgan fingerprint density at radius 1 is 1.50 bits per heavy atom. The van der Waals surface area contributed by atoms with E-state index in [2.05, 4.69) is 10.3 Å². The number of aromatic nitrogens is 1. The minimum absolute atomic E-state index is 0.182. The molecule has 22 heavy (non-hydrogen) atoms. The van der Waals surface area contributed by atoms with Crippen LogP contribution < -0.4 is 5.32 Å². The van der Waals surface area contributed by atoms with Gasteiger partial charge in [0.15, 0.2) is 0 Å². The summed E-state index contributed by atoms with van der Waals surface area (Å²) in [5, 5.41) is 12.2. The van der Waals surface area contributed by atoms with Crippen LogP contribution in [0, 0.1) is 18.3 Å². The molecule has 2 rings (SSSR count). The Bertz CT molecular complexity index is 762. The van der Waals surface area contributed by atoms with E-state index < -0.39 is 11.8 Å². The van der Waals surface area contributed by atoms with Crippen molar-refractivity contribution < 1.29 is 9.59 Å². The number of nitrogens with one attached hydrogen (secondary N) is 1. The number of nitrogens with zero attached hydrogens (tertiary/aromatic N) is 3. The van der Waals surface area contributed by atoms with Gasteiger partial charge in [0.25, 0.3) is 0 Å². The molecule has 6 nitrogen and oxygen atoms in total. The zero-order valence-electron chi connectivity index (χ0n) is 12.6. The van der Waals surface area contributed by atoms with Gasteiger partial charge >= 0.3 is 11.8 Å². The van der Waals surface area contributed by atoms with Crippen molar-refractivity contribution >= 4 is 39.1 Å². The van der Waals surface area contributed by atoms with E-state index in [0.717, 1.165) is 15.2 Å². The van der Waals surface area contributed by atoms with Crippen molar-refractivity contribution in [3.8, 4) is 6.07 Å². The van der Waals surface area contributed by atoms with Crippen LogP contribution >= 0.6 is 11.3 Å². The third kappa shape index (κ3) is 3.40. The average Bonchev–Trinajstić information content (AvgIpc) is 2.85. The van der Waals surface area contributed by atoms with E-state index in [9.17, 15) is 9.59 Å². The molecule has 0 saturated heterocycles. The third-order valence-electron chi connectivity index (χ3n) is 3.32. The molecule has 1 unspecified atom stereocenters. The first-order chi connectivity index (χ1) is 10.4. The zero-order chi connectivity index (χ0) is 16.3. The number of likely N-dealkylation sites (N-methyl/N-ethyl adjacent to an activating group) is 1. The van der Waals surface area contributed by atoms with Crippen LogP contribution in [0.3, 0.4) is 0 Å². The van der Waals surface area contributed by atoms with Crippen LogP contribution in [0.25, 0.3) is 10.2 Å². The summed E-state index contributed by atoms with van der Waals surface area (Å²) in [6, 6.07) is 6.99. The molecule has 0 saturated carbocycles. The van der Waals surface area contributed by atoms with Crippen LogP contribution in [0.15, 0.2) is 18.2 Å². The fraction of sp³-hybridized carbons (Fsp3) is 0.333. The molecule has 2 amide bonds. The molecule has 1 N–H and O–H groups in total. The van der Waals surface area contributed by atoms with Gasteiger partial charge in [0, 0.05) is 18.8 Å². The lowest BCUT2D eigenvalue weighted by molar-refractivity contribution is -0.143. The number of fused-ring (bicyclic) bond motifs is 1. The Kier molecular flexibility index (Phi) is 4.73. The highest BCUT2D eigenvalue weighted by atomic mass is 32.1. The van der Waals surface area contributed by atoms with Crippen molar-refractivity contribution in [1.82, 2.24) is 9.88 Å². The normalized spacial score (nSPS) is 11.7. The molecule has 114 valence electrons. The molecule has 0 aliphatic rings. The number of thiazole rings is 1. The Morgan fingerprint density at radius 2 is 2.23 bits per heavy atom. The van der Waals surface area contributed by atoms with Crippen molar-refractivity contribution in [3.63, 3.8) is 0 Å². The molecule has 0 radical (unpaired) electrons. The zero-order valence-corrected chi connectivity index (χ0v) is 13.4. The third-order valence-corrected chi connectivity index (χ3v) is 4.25. The summed E-state index contributed by atoms with van der Waals surface area (Å²) in [6.07, 6.45) is 0.182. The number of carbonyl (C=O) groups excluding carboxylic acids is 2. The quantitative estimate of drug-likeness (QED) is 0.880. The van der Waals surface area contributed by atoms with E-state index in [1.165, 1.54) is 23.3 Å². The molecule has 1 aromatic heterocycles. The maximum Gasteiger partial charge on any atom is 0.313 e. The Hall–Kier alpha value is -2.46. The molecule has 2 aromatic rings. The number of rotatable bonds is 3. The summed E-state index contributed by atoms with van der Waals surface area (Å²) in [7, 11) is 1.51. The van der Waals surface area contributed by atoms with E-state index in [1.54, 1.807) is 25.1 Å². The van der Waals surface area contributed by atoms with E-state index in [4.69, 9.17) is 5.26 Å². The lowest BCUT2D eigenvalue weighted by Gasteiger charge is -2.22. The second-order valence-corrected chi connectivity index (χ2v) is 6.23. The van der Waals surface area contributed by atoms with Gasteiger partial charge in [-0.3, -0.25) is 9.59 Å². The van der Waals surface area contributed by atoms with Crippen LogP contribution in [0.4, 0.5) is 5.69 Å². The van der Waals surface area contributed by atoms with Crippen molar-refractivity contribution in [2.75, 3.05) is 12.4 Å². The fourth-order valence-corrected chi connectivity index (χ4v) is 2.80. The van der Waals surface area contributed by atoms with Gasteiger partial charge in [-0.2, -0.15) is 5.26 Å². The lowest BCUT2D eigenvalue weighted by atomic mass is 10.2. The highest BCUT2D eigenvalue weighted by Crippen LogP contribution is 2.24. The number of hydrogen-bond acceptors (Lipinski definition) is 5. The van der Waals surface area contributed by atoms with Gasteiger partial charge in [-0.05, 0) is 32.0 Å². The van der Waals surface area contributed by atoms with E-state index in [0.29, 0.717) is 5.69 Å². The molecule has 7 heteroatoms. The minimum Gasteiger partial charge on any atom is -0.334 e. The first-order valence-electron chi connectivity index (χ1n) is 6.74. The van der Waals surface area contributed by atoms with E-state index >= 15 is 0 Å². The minimum atomic E-state index is -0.715. The van der Waals surface area contributed by atoms with Crippen molar-refractivity contribution in [1.29, 1.82) is 5.26 Å². The number of anilines is 1. The van der Waals surface area contributed by atoms with Gasteiger partial charge in [-0.15, -0.1) is 11.3 Å². The van der Waals surface area contributed by atoms with Gasteiger partial charge in [-0.25, -0.2) is 4.98 Å². The molecule has 0 fully saturated rings. The fourth-order valence-electron chi connectivity index (χ4n) is 1.93. The topological polar surface area (TPSA) is 86.1 Å². The van der Waals surface area contributed by atoms with E-state index in [1.807, 2.05) is 13.0 Å². The van der Waals surface area contributed by atoms with Gasteiger partial charge in [-0.1, -0.05) is 0 Å². The second kappa shape index (κ2) is 6.54. The van der Waals surface area contributed by atoms with Gasteiger partial charge in [0.05, 0.1) is 27.7 Å². The SMILES string of the molecule is Cc1nc2ccc(NC(=O)C(=O)N(C)C(C)CC#N)cc2s1. The van der Waals surface area contributed by atoms with Gasteiger partial charge in [0.1, 0.15) is 0 Å². The molecular formula is C15H16N4O2S. The van der Waals surface area contributed by atoms with Crippen molar-refractivity contribution in [3.05, 3.63) is 23.2 Å². The summed E-state index contributed by atoms with van der Waals surface area (Å²) in [5.41, 5.74) is 1.42. The summed E-state index contributed by atoms with van der Waals surface area (Å²) in [4.78, 5) is 29.6. The smallest absolute Gasteiger partial charge is 0.313 e. The maximum atomic E-state index is 12.0. The number of aryl methyl sites for hydroxylation is 1. The van der Waals surface area contributed by atoms with E-state index in [-0.39, 0.29) is 12.5 Å². The first kappa shape index (κ1) is 15.9. The molecule has 0 bridgehead atoms. The van der Waals surface area contributed by atoms with Crippen LogP contribution in [0.2, 0.25) is 0 Å². The van der Waals surface area contributed by atoms with Crippen molar-refractivity contribution in [2.24, 2.45) is 0 Å². The molecule has 1 aromatic carbocycles. The number of nitriles is 1. The van der Waals surface area contributed by atoms with Gasteiger partial charge in [0.2, 0.25) is 0 Å². The predicted molar refractivity (Wildman–Crippen MR) is 85.4 cm³/mol. The number of benzene rings is 1. The molecule has 1 heterocycles. The summed E-state index contributed by atoms with van der Waals surface area (Å²) in [5.74, 6) is -1.38. The van der Waals surface area contributed by atoms with Crippen LogP contribution in [-0.4, -0.2) is 34.8 Å².